The van der Waals surface area contributed by atoms with Crippen LogP contribution < -0.4 is 4.74 Å². The average Bonchev–Trinajstić information content (AvgIpc) is 3.38. The van der Waals surface area contributed by atoms with Gasteiger partial charge in [0.05, 0.1) is 24.7 Å². The Hall–Kier alpha value is -3.17. The van der Waals surface area contributed by atoms with Crippen molar-refractivity contribution in [2.45, 2.75) is 38.6 Å². The minimum absolute atomic E-state index is 0.0507. The van der Waals surface area contributed by atoms with Gasteiger partial charge in [-0.15, -0.1) is 0 Å². The smallest absolute Gasteiger partial charge is 0.410 e. The number of piperidine rings is 1. The summed E-state index contributed by atoms with van der Waals surface area (Å²) in [7, 11) is 0. The molecule has 214 valence electrons. The zero-order valence-corrected chi connectivity index (χ0v) is 23.6. The van der Waals surface area contributed by atoms with Crippen LogP contribution in [0.5, 0.6) is 5.75 Å². The molecule has 40 heavy (non-hydrogen) atoms. The molecule has 0 aliphatic carbocycles. The fourth-order valence-corrected chi connectivity index (χ4v) is 6.11. The molecule has 3 fully saturated rings. The zero-order valence-electron chi connectivity index (χ0n) is 22.9. The lowest BCUT2D eigenvalue weighted by Crippen LogP contribution is -2.55. The van der Waals surface area contributed by atoms with Gasteiger partial charge in [0.2, 0.25) is 11.8 Å². The molecule has 0 spiro atoms. The number of amides is 3. The van der Waals surface area contributed by atoms with Crippen molar-refractivity contribution >= 4 is 29.5 Å². The number of hydrogen-bond donors (Lipinski definition) is 0. The van der Waals surface area contributed by atoms with E-state index >= 15 is 0 Å². The van der Waals surface area contributed by atoms with E-state index in [1.807, 2.05) is 47.9 Å². The first-order valence-electron chi connectivity index (χ1n) is 13.8. The molecule has 10 heteroatoms. The van der Waals surface area contributed by atoms with Gasteiger partial charge in [-0.25, -0.2) is 9.18 Å². The van der Waals surface area contributed by atoms with E-state index in [0.29, 0.717) is 63.8 Å². The molecule has 3 aliphatic rings. The maximum Gasteiger partial charge on any atom is 0.415 e. The fraction of sp³-hybridized carbons (Fsp3) is 0.500. The molecule has 8 nitrogen and oxygen atoms in total. The second-order valence-corrected chi connectivity index (χ2v) is 11.6. The summed E-state index contributed by atoms with van der Waals surface area (Å²) in [6, 6.07) is 12.5. The molecule has 2 aromatic rings. The summed E-state index contributed by atoms with van der Waals surface area (Å²) in [6.45, 7) is 7.00. The Balaban J connectivity index is 1.29. The van der Waals surface area contributed by atoms with Crippen LogP contribution in [0.15, 0.2) is 48.5 Å². The van der Waals surface area contributed by atoms with Crippen molar-refractivity contribution in [1.82, 2.24) is 14.7 Å². The molecule has 2 atom stereocenters. The van der Waals surface area contributed by atoms with Gasteiger partial charge in [0.15, 0.2) is 0 Å². The number of carbonyl (C=O) groups is 3. The van der Waals surface area contributed by atoms with Gasteiger partial charge in [-0.2, -0.15) is 0 Å². The topological polar surface area (TPSA) is 79.4 Å². The van der Waals surface area contributed by atoms with E-state index in [4.69, 9.17) is 21.1 Å². The summed E-state index contributed by atoms with van der Waals surface area (Å²) in [5.74, 6) is -0.326. The molecular weight excluding hydrogens is 537 g/mol. The molecule has 5 rings (SSSR count). The highest BCUT2D eigenvalue weighted by atomic mass is 35.5. The highest BCUT2D eigenvalue weighted by molar-refractivity contribution is 6.30. The monoisotopic (exact) mass is 571 g/mol. The number of likely N-dealkylation sites (N-methyl/N-ethyl adjacent to an activating group) is 1. The normalized spacial score (nSPS) is 22.5. The summed E-state index contributed by atoms with van der Waals surface area (Å²) in [5, 5.41) is 0.609. The van der Waals surface area contributed by atoms with Gasteiger partial charge in [-0.1, -0.05) is 23.7 Å². The van der Waals surface area contributed by atoms with Crippen LogP contribution in [0.1, 0.15) is 38.2 Å². The van der Waals surface area contributed by atoms with Gasteiger partial charge in [0.1, 0.15) is 11.6 Å². The Kier molecular flexibility index (Phi) is 8.33. The SMILES string of the molecule is CCN(C(=O)Oc1ccc(F)cc1)C1CN(C(=O)C2CCN(C(=O)C3(C)COC3)CC2)CC1c1ccc(Cl)cc1. The number of ether oxygens (including phenoxy) is 2. The van der Waals surface area contributed by atoms with E-state index < -0.39 is 17.3 Å². The Bertz CT molecular complexity index is 1230. The summed E-state index contributed by atoms with van der Waals surface area (Å²) >= 11 is 6.14. The van der Waals surface area contributed by atoms with Crippen LogP contribution in [-0.2, 0) is 14.3 Å². The Morgan fingerprint density at radius 1 is 1.02 bits per heavy atom. The third-order valence-corrected chi connectivity index (χ3v) is 8.63. The van der Waals surface area contributed by atoms with Crippen molar-refractivity contribution in [3.63, 3.8) is 0 Å². The molecule has 2 unspecified atom stereocenters. The molecular formula is C30H35ClFN3O5. The molecule has 0 N–H and O–H groups in total. The van der Waals surface area contributed by atoms with E-state index in [1.165, 1.54) is 24.3 Å². The molecule has 3 amide bonds. The lowest BCUT2D eigenvalue weighted by Gasteiger charge is -2.42. The number of likely N-dealkylation sites (tertiary alicyclic amines) is 2. The van der Waals surface area contributed by atoms with Crippen LogP contribution >= 0.6 is 11.6 Å². The minimum atomic E-state index is -0.548. The second kappa shape index (κ2) is 11.7. The van der Waals surface area contributed by atoms with Crippen molar-refractivity contribution in [3.05, 3.63) is 64.9 Å². The molecule has 3 heterocycles. The number of halogens is 2. The number of nitrogens with zero attached hydrogens (tertiary/aromatic N) is 3. The van der Waals surface area contributed by atoms with Gasteiger partial charge < -0.3 is 24.2 Å². The first-order valence-corrected chi connectivity index (χ1v) is 14.2. The van der Waals surface area contributed by atoms with Crippen LogP contribution in [0.25, 0.3) is 0 Å². The maximum absolute atomic E-state index is 13.7. The molecule has 0 aromatic heterocycles. The number of rotatable bonds is 6. The third kappa shape index (κ3) is 5.81. The van der Waals surface area contributed by atoms with Crippen LogP contribution in [0.3, 0.4) is 0 Å². The number of carbonyl (C=O) groups excluding carboxylic acids is 3. The number of benzene rings is 2. The summed E-state index contributed by atoms with van der Waals surface area (Å²) in [6.07, 6.45) is 0.671. The lowest BCUT2D eigenvalue weighted by molar-refractivity contribution is -0.170. The van der Waals surface area contributed by atoms with E-state index in [-0.39, 0.29) is 35.4 Å². The largest absolute Gasteiger partial charge is 0.415 e. The van der Waals surface area contributed by atoms with E-state index in [0.717, 1.165) is 5.56 Å². The van der Waals surface area contributed by atoms with E-state index in [2.05, 4.69) is 0 Å². The standard InChI is InChI=1S/C30H35ClFN3O5/c1-3-35(29(38)40-24-10-8-23(32)9-11-24)26-17-34(16-25(26)20-4-6-22(31)7-5-20)27(36)21-12-14-33(15-13-21)28(37)30(2)18-39-19-30/h4-11,21,25-26H,3,12-19H2,1-2H3. The van der Waals surface area contributed by atoms with Gasteiger partial charge in [0, 0.05) is 49.6 Å². The number of hydrogen-bond acceptors (Lipinski definition) is 5. The summed E-state index contributed by atoms with van der Waals surface area (Å²) in [4.78, 5) is 45.2. The van der Waals surface area contributed by atoms with E-state index in [9.17, 15) is 18.8 Å². The predicted octanol–water partition coefficient (Wildman–Crippen LogP) is 4.57. The molecule has 0 radical (unpaired) electrons. The van der Waals surface area contributed by atoms with Crippen molar-refractivity contribution in [3.8, 4) is 5.75 Å². The van der Waals surface area contributed by atoms with Crippen molar-refractivity contribution < 1.29 is 28.2 Å². The third-order valence-electron chi connectivity index (χ3n) is 8.38. The minimum Gasteiger partial charge on any atom is -0.410 e. The zero-order chi connectivity index (χ0) is 28.4. The predicted molar refractivity (Wildman–Crippen MR) is 148 cm³/mol. The first kappa shape index (κ1) is 28.4. The van der Waals surface area contributed by atoms with Gasteiger partial charge in [-0.05, 0) is 68.7 Å². The quantitative estimate of drug-likeness (QED) is 0.507. The van der Waals surface area contributed by atoms with Crippen LogP contribution in [0, 0.1) is 17.2 Å². The first-order chi connectivity index (χ1) is 19.2. The van der Waals surface area contributed by atoms with Crippen LogP contribution in [0.2, 0.25) is 5.02 Å². The molecule has 3 saturated heterocycles. The summed E-state index contributed by atoms with van der Waals surface area (Å²) in [5.41, 5.74) is 0.533. The van der Waals surface area contributed by atoms with Crippen LogP contribution in [-0.4, -0.2) is 84.6 Å². The van der Waals surface area contributed by atoms with Gasteiger partial charge in [0.25, 0.3) is 0 Å². The maximum atomic E-state index is 13.7. The molecule has 0 bridgehead atoms. The Labute approximate surface area is 238 Å². The molecule has 2 aromatic carbocycles. The van der Waals surface area contributed by atoms with Gasteiger partial charge in [-0.3, -0.25) is 9.59 Å². The summed E-state index contributed by atoms with van der Waals surface area (Å²) < 4.78 is 24.2. The lowest BCUT2D eigenvalue weighted by atomic mass is 9.85. The van der Waals surface area contributed by atoms with Crippen molar-refractivity contribution in [2.24, 2.45) is 11.3 Å². The van der Waals surface area contributed by atoms with Gasteiger partial charge >= 0.3 is 6.09 Å². The Morgan fingerprint density at radius 3 is 2.25 bits per heavy atom. The van der Waals surface area contributed by atoms with E-state index in [1.54, 1.807) is 4.90 Å². The fourth-order valence-electron chi connectivity index (χ4n) is 5.98. The highest BCUT2D eigenvalue weighted by Crippen LogP contribution is 2.35. The average molecular weight is 572 g/mol. The second-order valence-electron chi connectivity index (χ2n) is 11.2. The van der Waals surface area contributed by atoms with Crippen molar-refractivity contribution in [2.75, 3.05) is 45.9 Å². The van der Waals surface area contributed by atoms with Crippen molar-refractivity contribution in [1.29, 1.82) is 0 Å². The molecule has 3 aliphatic heterocycles. The Morgan fingerprint density at radius 2 is 1.68 bits per heavy atom. The van der Waals surface area contributed by atoms with Crippen LogP contribution in [0.4, 0.5) is 9.18 Å². The highest BCUT2D eigenvalue weighted by Gasteiger charge is 2.46. The molecule has 0 saturated carbocycles.